The van der Waals surface area contributed by atoms with Crippen LogP contribution in [-0.4, -0.2) is 40.1 Å². The number of anilines is 2. The van der Waals surface area contributed by atoms with Crippen molar-refractivity contribution >= 4 is 46.3 Å². The highest BCUT2D eigenvalue weighted by molar-refractivity contribution is 7.13. The fourth-order valence-corrected chi connectivity index (χ4v) is 4.70. The molecule has 2 heterocycles. The second-order valence-electron chi connectivity index (χ2n) is 7.65. The molecular formula is C23H24ClN5O2S. The molecule has 4 rings (SSSR count). The first-order valence-electron chi connectivity index (χ1n) is 10.6. The number of carbonyl (C=O) groups excluding carboxylic acids is 2. The van der Waals surface area contributed by atoms with Crippen LogP contribution in [0.1, 0.15) is 46.1 Å². The third-order valence-electron chi connectivity index (χ3n) is 5.46. The molecule has 2 N–H and O–H groups in total. The van der Waals surface area contributed by atoms with Crippen LogP contribution in [0.4, 0.5) is 16.2 Å². The molecule has 0 aliphatic carbocycles. The monoisotopic (exact) mass is 469 g/mol. The van der Waals surface area contributed by atoms with Crippen molar-refractivity contribution in [1.29, 1.82) is 0 Å². The predicted molar refractivity (Wildman–Crippen MR) is 128 cm³/mol. The van der Waals surface area contributed by atoms with E-state index < -0.39 is 0 Å². The molecule has 3 aromatic rings. The lowest BCUT2D eigenvalue weighted by atomic mass is 9.98. The van der Waals surface area contributed by atoms with Gasteiger partial charge >= 0.3 is 6.03 Å². The Bertz CT molecular complexity index is 1090. The van der Waals surface area contributed by atoms with Crippen molar-refractivity contribution in [2.75, 3.05) is 23.7 Å². The number of nitrogens with zero attached hydrogens (tertiary/aromatic N) is 3. The van der Waals surface area contributed by atoms with Crippen molar-refractivity contribution in [3.8, 4) is 0 Å². The molecule has 0 unspecified atom stereocenters. The number of rotatable bonds is 5. The topological polar surface area (TPSA) is 87.2 Å². The van der Waals surface area contributed by atoms with Crippen LogP contribution in [0.25, 0.3) is 0 Å². The molecule has 32 heavy (non-hydrogen) atoms. The van der Waals surface area contributed by atoms with Crippen LogP contribution < -0.4 is 10.6 Å². The lowest BCUT2D eigenvalue weighted by Crippen LogP contribution is -2.40. The van der Waals surface area contributed by atoms with Gasteiger partial charge < -0.3 is 15.5 Å². The van der Waals surface area contributed by atoms with E-state index in [0.29, 0.717) is 28.8 Å². The highest BCUT2D eigenvalue weighted by Crippen LogP contribution is 2.30. The largest absolute Gasteiger partial charge is 0.324 e. The summed E-state index contributed by atoms with van der Waals surface area (Å²) in [4.78, 5) is 26.9. The summed E-state index contributed by atoms with van der Waals surface area (Å²) in [6.45, 7) is 3.37. The Morgan fingerprint density at radius 1 is 1.06 bits per heavy atom. The molecule has 7 nitrogen and oxygen atoms in total. The zero-order valence-electron chi connectivity index (χ0n) is 17.7. The van der Waals surface area contributed by atoms with E-state index in [1.807, 2.05) is 29.2 Å². The summed E-state index contributed by atoms with van der Waals surface area (Å²) >= 11 is 7.26. The van der Waals surface area contributed by atoms with E-state index in [0.717, 1.165) is 30.0 Å². The molecule has 0 saturated carbocycles. The van der Waals surface area contributed by atoms with Gasteiger partial charge in [-0.2, -0.15) is 0 Å². The van der Waals surface area contributed by atoms with E-state index in [1.165, 1.54) is 16.9 Å². The molecule has 9 heteroatoms. The number of amides is 3. The molecule has 0 bridgehead atoms. The van der Waals surface area contributed by atoms with Gasteiger partial charge in [-0.1, -0.05) is 48.1 Å². The van der Waals surface area contributed by atoms with Crippen LogP contribution in [0.2, 0.25) is 5.02 Å². The number of benzene rings is 2. The summed E-state index contributed by atoms with van der Waals surface area (Å²) in [7, 11) is 0. The molecule has 0 radical (unpaired) electrons. The fourth-order valence-electron chi connectivity index (χ4n) is 3.60. The van der Waals surface area contributed by atoms with E-state index in [1.54, 1.807) is 24.3 Å². The first kappa shape index (κ1) is 22.2. The van der Waals surface area contributed by atoms with Gasteiger partial charge in [0.2, 0.25) is 5.01 Å². The number of hydrogen-bond acceptors (Lipinski definition) is 5. The summed E-state index contributed by atoms with van der Waals surface area (Å²) in [5.74, 6) is -0.116. The summed E-state index contributed by atoms with van der Waals surface area (Å²) in [6, 6.07) is 14.8. The van der Waals surface area contributed by atoms with E-state index in [2.05, 4.69) is 27.8 Å². The number of aryl methyl sites for hydroxylation is 1. The van der Waals surface area contributed by atoms with Crippen LogP contribution in [0.15, 0.2) is 48.5 Å². The summed E-state index contributed by atoms with van der Waals surface area (Å²) in [5.41, 5.74) is 2.65. The summed E-state index contributed by atoms with van der Waals surface area (Å²) in [6.07, 6.45) is 2.54. The number of likely N-dealkylation sites (tertiary alicyclic amines) is 1. The molecule has 0 atom stereocenters. The average Bonchev–Trinajstić information content (AvgIpc) is 3.30. The predicted octanol–water partition coefficient (Wildman–Crippen LogP) is 5.42. The van der Waals surface area contributed by atoms with E-state index in [-0.39, 0.29) is 17.9 Å². The highest BCUT2D eigenvalue weighted by atomic mass is 35.5. The Hall–Kier alpha value is -2.97. The zero-order valence-corrected chi connectivity index (χ0v) is 19.2. The SMILES string of the molecule is CCc1ccc(NC(=O)N2CCC(c3nnc(C(=O)Nc4cccc(Cl)c4)s3)CC2)cc1. The van der Waals surface area contributed by atoms with Gasteiger partial charge in [-0.05, 0) is 55.2 Å². The number of piperidine rings is 1. The third-order valence-corrected chi connectivity index (χ3v) is 6.78. The lowest BCUT2D eigenvalue weighted by Gasteiger charge is -2.31. The molecule has 1 aliphatic rings. The van der Waals surface area contributed by atoms with Crippen molar-refractivity contribution in [2.24, 2.45) is 0 Å². The maximum absolute atomic E-state index is 12.6. The van der Waals surface area contributed by atoms with Gasteiger partial charge in [-0.25, -0.2) is 4.79 Å². The molecule has 1 fully saturated rings. The number of aromatic nitrogens is 2. The molecule has 2 aromatic carbocycles. The zero-order chi connectivity index (χ0) is 22.5. The fraction of sp³-hybridized carbons (Fsp3) is 0.304. The van der Waals surface area contributed by atoms with Gasteiger partial charge in [0.15, 0.2) is 0 Å². The van der Waals surface area contributed by atoms with Gasteiger partial charge in [-0.15, -0.1) is 10.2 Å². The van der Waals surface area contributed by atoms with Crippen LogP contribution in [0, 0.1) is 0 Å². The van der Waals surface area contributed by atoms with Crippen molar-refractivity contribution in [3.63, 3.8) is 0 Å². The van der Waals surface area contributed by atoms with Gasteiger partial charge in [0.05, 0.1) is 0 Å². The smallest absolute Gasteiger partial charge is 0.321 e. The Kier molecular flexibility index (Phi) is 7.02. The van der Waals surface area contributed by atoms with Crippen LogP contribution in [0.5, 0.6) is 0 Å². The molecule has 3 amide bonds. The second-order valence-corrected chi connectivity index (χ2v) is 9.10. The molecule has 1 aromatic heterocycles. The standard InChI is InChI=1S/C23H24ClN5O2S/c1-2-15-6-8-18(9-7-15)26-23(31)29-12-10-16(11-13-29)21-27-28-22(32-21)20(30)25-19-5-3-4-17(24)14-19/h3-9,14,16H,2,10-13H2,1H3,(H,25,30)(H,26,31). The lowest BCUT2D eigenvalue weighted by molar-refractivity contribution is 0.102. The minimum absolute atomic E-state index is 0.0912. The minimum atomic E-state index is -0.304. The van der Waals surface area contributed by atoms with Crippen molar-refractivity contribution < 1.29 is 9.59 Å². The average molecular weight is 470 g/mol. The molecule has 0 spiro atoms. The summed E-state index contributed by atoms with van der Waals surface area (Å²) in [5, 5.41) is 15.8. The quantitative estimate of drug-likeness (QED) is 0.522. The molecule has 166 valence electrons. The van der Waals surface area contributed by atoms with Crippen molar-refractivity contribution in [3.05, 3.63) is 69.1 Å². The van der Waals surface area contributed by atoms with Gasteiger partial charge in [-0.3, -0.25) is 4.79 Å². The number of carbonyl (C=O) groups is 2. The van der Waals surface area contributed by atoms with Crippen LogP contribution >= 0.6 is 22.9 Å². The van der Waals surface area contributed by atoms with Gasteiger partial charge in [0.25, 0.3) is 5.91 Å². The number of nitrogens with one attached hydrogen (secondary N) is 2. The second kappa shape index (κ2) is 10.1. The maximum Gasteiger partial charge on any atom is 0.321 e. The Labute approximate surface area is 195 Å². The number of halogens is 1. The Morgan fingerprint density at radius 2 is 1.81 bits per heavy atom. The highest BCUT2D eigenvalue weighted by Gasteiger charge is 2.27. The minimum Gasteiger partial charge on any atom is -0.324 e. The van der Waals surface area contributed by atoms with Crippen molar-refractivity contribution in [1.82, 2.24) is 15.1 Å². The first-order valence-corrected chi connectivity index (χ1v) is 11.8. The number of urea groups is 1. The molecule has 1 saturated heterocycles. The normalized spacial score (nSPS) is 14.2. The van der Waals surface area contributed by atoms with Crippen LogP contribution in [-0.2, 0) is 6.42 Å². The first-order chi connectivity index (χ1) is 15.5. The van der Waals surface area contributed by atoms with Crippen LogP contribution in [0.3, 0.4) is 0 Å². The van der Waals surface area contributed by atoms with Crippen molar-refractivity contribution in [2.45, 2.75) is 32.1 Å². The van der Waals surface area contributed by atoms with E-state index >= 15 is 0 Å². The summed E-state index contributed by atoms with van der Waals surface area (Å²) < 4.78 is 0. The van der Waals surface area contributed by atoms with Gasteiger partial charge in [0, 0.05) is 35.4 Å². The Morgan fingerprint density at radius 3 is 2.50 bits per heavy atom. The molecule has 1 aliphatic heterocycles. The van der Waals surface area contributed by atoms with Gasteiger partial charge in [0.1, 0.15) is 5.01 Å². The molecular weight excluding hydrogens is 446 g/mol. The van der Waals surface area contributed by atoms with E-state index in [9.17, 15) is 9.59 Å². The number of hydrogen-bond donors (Lipinski definition) is 2. The van der Waals surface area contributed by atoms with E-state index in [4.69, 9.17) is 11.6 Å². The maximum atomic E-state index is 12.6. The Balaban J connectivity index is 1.30. The third kappa shape index (κ3) is 5.44.